The molecule has 0 aliphatic carbocycles. The minimum absolute atomic E-state index is 0.0224. The normalized spacial score (nSPS) is 12.8. The van der Waals surface area contributed by atoms with Gasteiger partial charge in [0.15, 0.2) is 11.6 Å². The predicted molar refractivity (Wildman–Crippen MR) is 237 cm³/mol. The largest absolute Gasteiger partial charge is 0.356 e. The van der Waals surface area contributed by atoms with Crippen LogP contribution in [0.25, 0.3) is 0 Å². The van der Waals surface area contributed by atoms with Crippen LogP contribution >= 0.6 is 0 Å². The smallest absolute Gasteiger partial charge is 0.242 e. The Morgan fingerprint density at radius 3 is 0.968 bits per heavy atom. The maximum absolute atomic E-state index is 13.1. The molecule has 62 heavy (non-hydrogen) atoms. The van der Waals surface area contributed by atoms with E-state index < -0.39 is 24.2 Å². The highest BCUT2D eigenvalue weighted by Crippen LogP contribution is 2.13. The fraction of sp³-hybridized carbons (Fsp3) is 0.778. The monoisotopic (exact) mass is 878 g/mol. The highest BCUT2D eigenvalue weighted by Gasteiger charge is 2.23. The molecule has 0 aromatic heterocycles. The first kappa shape index (κ1) is 57.3. The van der Waals surface area contributed by atoms with E-state index in [4.69, 9.17) is 0 Å². The first-order chi connectivity index (χ1) is 29.3. The minimum Gasteiger partial charge on any atom is -0.356 e. The van der Waals surface area contributed by atoms with Crippen LogP contribution in [0.2, 0.25) is 0 Å². The fourth-order valence-electron chi connectivity index (χ4n) is 6.91. The van der Waals surface area contributed by atoms with E-state index in [-0.39, 0.29) is 77.5 Å². The molecule has 0 radical (unpaired) electrons. The van der Waals surface area contributed by atoms with Crippen LogP contribution in [0.4, 0.5) is 0 Å². The van der Waals surface area contributed by atoms with Gasteiger partial charge in [-0.05, 0) is 77.0 Å². The number of hydrogen-bond donors (Lipinski definition) is 7. The number of Topliss-reactive ketones (excluding diaryl/α,β-unsaturated/α-hetero) is 3. The van der Waals surface area contributed by atoms with Gasteiger partial charge in [0.2, 0.25) is 41.4 Å². The summed E-state index contributed by atoms with van der Waals surface area (Å²) < 4.78 is 0. The Labute approximate surface area is 369 Å². The van der Waals surface area contributed by atoms with Crippen LogP contribution in [-0.2, 0) is 47.9 Å². The van der Waals surface area contributed by atoms with Crippen LogP contribution in [0.3, 0.4) is 0 Å². The summed E-state index contributed by atoms with van der Waals surface area (Å²) in [5, 5.41) is 19.3. The summed E-state index contributed by atoms with van der Waals surface area (Å²) in [4.78, 5) is 122. The molecule has 0 saturated carbocycles. The third kappa shape index (κ3) is 31.2. The van der Waals surface area contributed by atoms with Crippen molar-refractivity contribution in [1.82, 2.24) is 37.2 Å². The Kier molecular flexibility index (Phi) is 32.2. The summed E-state index contributed by atoms with van der Waals surface area (Å²) in [6, 6.07) is -2.70. The molecule has 0 saturated heterocycles. The molecule has 0 aliphatic heterocycles. The SMILES string of the molecule is CC(=O)NCCCC[C@H](NC(C)=O)C(=O)CCCCC[C@H](NC(C)=O)C(=O)NCCCC[C@H](NC(C)=O)C(=O)CCCCC[C@H](NC(C)=O)C(=O)NCCCCCC(=O)C(C)C. The highest BCUT2D eigenvalue weighted by molar-refractivity contribution is 5.89. The number of amides is 7. The lowest BCUT2D eigenvalue weighted by molar-refractivity contribution is -0.128. The van der Waals surface area contributed by atoms with Crippen LogP contribution in [0.5, 0.6) is 0 Å². The molecule has 354 valence electrons. The number of carbonyl (C=O) groups excluding carboxylic acids is 10. The zero-order chi connectivity index (χ0) is 46.9. The zero-order valence-corrected chi connectivity index (χ0v) is 38.7. The van der Waals surface area contributed by atoms with Crippen molar-refractivity contribution in [1.29, 1.82) is 0 Å². The molecule has 17 nitrogen and oxygen atoms in total. The van der Waals surface area contributed by atoms with E-state index in [9.17, 15) is 47.9 Å². The first-order valence-corrected chi connectivity index (χ1v) is 22.8. The number of rotatable bonds is 37. The van der Waals surface area contributed by atoms with Crippen molar-refractivity contribution in [3.63, 3.8) is 0 Å². The maximum Gasteiger partial charge on any atom is 0.242 e. The topological polar surface area (TPSA) is 255 Å². The van der Waals surface area contributed by atoms with Gasteiger partial charge in [-0.25, -0.2) is 0 Å². The van der Waals surface area contributed by atoms with Gasteiger partial charge in [0.05, 0.1) is 12.1 Å². The summed E-state index contributed by atoms with van der Waals surface area (Å²) >= 11 is 0. The molecule has 0 unspecified atom stereocenters. The second kappa shape index (κ2) is 34.8. The van der Waals surface area contributed by atoms with Crippen LogP contribution < -0.4 is 37.2 Å². The molecule has 0 fully saturated rings. The highest BCUT2D eigenvalue weighted by atomic mass is 16.2. The molecule has 7 N–H and O–H groups in total. The van der Waals surface area contributed by atoms with Gasteiger partial charge in [-0.15, -0.1) is 0 Å². The lowest BCUT2D eigenvalue weighted by atomic mass is 9.99. The summed E-state index contributed by atoms with van der Waals surface area (Å²) in [7, 11) is 0. The standard InChI is InChI=1S/C45H79N7O10/c1-31(2)41(58)25-15-10-18-29-47-44(61)39(51-35(6)56)23-11-8-14-27-43(60)38(50-34(5)55)22-17-20-30-48-45(62)40(52-36(7)57)24-12-9-13-26-42(59)37(49-33(4)54)21-16-19-28-46-32(3)53/h31,37-40H,8-30H2,1-7H3,(H,46,53)(H,47,61)(H,48,62)(H,49,54)(H,50,55)(H,51,56)(H,52,57)/t37-,38-,39-,40-/m0/s1. The van der Waals surface area contributed by atoms with E-state index in [1.165, 1.54) is 34.6 Å². The second-order valence-corrected chi connectivity index (χ2v) is 16.6. The molecule has 0 aromatic rings. The van der Waals surface area contributed by atoms with Crippen LogP contribution in [-0.4, -0.2) is 103 Å². The Morgan fingerprint density at radius 2 is 0.613 bits per heavy atom. The van der Waals surface area contributed by atoms with E-state index in [1.807, 2.05) is 13.8 Å². The van der Waals surface area contributed by atoms with E-state index in [0.717, 1.165) is 19.3 Å². The molecule has 0 aromatic carbocycles. The predicted octanol–water partition coefficient (Wildman–Crippen LogP) is 3.54. The van der Waals surface area contributed by atoms with Crippen LogP contribution in [0, 0.1) is 5.92 Å². The Morgan fingerprint density at radius 1 is 0.323 bits per heavy atom. The van der Waals surface area contributed by atoms with Crippen molar-refractivity contribution in [3.8, 4) is 0 Å². The van der Waals surface area contributed by atoms with E-state index in [2.05, 4.69) is 37.2 Å². The van der Waals surface area contributed by atoms with E-state index in [1.54, 1.807) is 0 Å². The summed E-state index contributed by atoms with van der Waals surface area (Å²) in [6.07, 6.45) is 11.1. The van der Waals surface area contributed by atoms with Crippen molar-refractivity contribution < 1.29 is 47.9 Å². The lowest BCUT2D eigenvalue weighted by Gasteiger charge is -2.19. The second-order valence-electron chi connectivity index (χ2n) is 16.6. The molecular weight excluding hydrogens is 799 g/mol. The van der Waals surface area contributed by atoms with E-state index >= 15 is 0 Å². The molecule has 0 spiro atoms. The van der Waals surface area contributed by atoms with Gasteiger partial charge >= 0.3 is 0 Å². The maximum atomic E-state index is 13.1. The number of hydrogen-bond acceptors (Lipinski definition) is 10. The van der Waals surface area contributed by atoms with Gasteiger partial charge in [0.1, 0.15) is 17.9 Å². The average molecular weight is 878 g/mol. The molecule has 7 amide bonds. The van der Waals surface area contributed by atoms with Crippen molar-refractivity contribution in [2.24, 2.45) is 5.92 Å². The molecular formula is C45H79N7O10. The Bertz CT molecular complexity index is 1440. The van der Waals surface area contributed by atoms with Crippen molar-refractivity contribution in [2.75, 3.05) is 19.6 Å². The van der Waals surface area contributed by atoms with Gasteiger partial charge in [-0.1, -0.05) is 46.0 Å². The molecule has 0 heterocycles. The van der Waals surface area contributed by atoms with Gasteiger partial charge in [0.25, 0.3) is 0 Å². The molecule has 0 bridgehead atoms. The summed E-state index contributed by atoms with van der Waals surface area (Å²) in [5.41, 5.74) is 0. The molecule has 0 rings (SSSR count). The third-order valence-electron chi connectivity index (χ3n) is 10.3. The van der Waals surface area contributed by atoms with Crippen LogP contribution in [0.1, 0.15) is 177 Å². The van der Waals surface area contributed by atoms with E-state index in [0.29, 0.717) is 116 Å². The Hall–Kier alpha value is -4.70. The third-order valence-corrected chi connectivity index (χ3v) is 10.3. The van der Waals surface area contributed by atoms with Gasteiger partial charge < -0.3 is 37.2 Å². The molecule has 0 aliphatic rings. The summed E-state index contributed by atoms with van der Waals surface area (Å²) in [5.74, 6) is -1.90. The number of unbranched alkanes of at least 4 members (excludes halogenated alkanes) is 8. The van der Waals surface area contributed by atoms with Gasteiger partial charge in [0, 0.05) is 79.4 Å². The average Bonchev–Trinajstić information content (AvgIpc) is 3.18. The van der Waals surface area contributed by atoms with Gasteiger partial charge in [-0.3, -0.25) is 47.9 Å². The number of carbonyl (C=O) groups is 10. The van der Waals surface area contributed by atoms with Crippen LogP contribution in [0.15, 0.2) is 0 Å². The van der Waals surface area contributed by atoms with Crippen molar-refractivity contribution in [2.45, 2.75) is 201 Å². The Balaban J connectivity index is 4.71. The fourth-order valence-corrected chi connectivity index (χ4v) is 6.91. The van der Waals surface area contributed by atoms with Crippen molar-refractivity contribution >= 4 is 58.7 Å². The van der Waals surface area contributed by atoms with Crippen molar-refractivity contribution in [3.05, 3.63) is 0 Å². The number of ketones is 3. The first-order valence-electron chi connectivity index (χ1n) is 22.8. The number of nitrogens with one attached hydrogen (secondary N) is 7. The quantitative estimate of drug-likeness (QED) is 0.0447. The molecule has 4 atom stereocenters. The molecule has 17 heteroatoms. The minimum atomic E-state index is -0.751. The van der Waals surface area contributed by atoms with Gasteiger partial charge in [-0.2, -0.15) is 0 Å². The lowest BCUT2D eigenvalue weighted by Crippen LogP contribution is -2.46. The zero-order valence-electron chi connectivity index (χ0n) is 38.7. The summed E-state index contributed by atoms with van der Waals surface area (Å²) in [6.45, 7) is 11.9.